The number of rotatable bonds is 4. The van der Waals surface area contributed by atoms with Crippen molar-refractivity contribution < 1.29 is 9.53 Å². The Labute approximate surface area is 162 Å². The summed E-state index contributed by atoms with van der Waals surface area (Å²) in [7, 11) is 2.04. The fraction of sp³-hybridized carbons (Fsp3) is 0.333. The van der Waals surface area contributed by atoms with Crippen LogP contribution in [0, 0.1) is 0 Å². The molecule has 6 nitrogen and oxygen atoms in total. The van der Waals surface area contributed by atoms with Crippen LogP contribution in [0.4, 0.5) is 5.82 Å². The Morgan fingerprint density at radius 1 is 1.23 bits per heavy atom. The Bertz CT molecular complexity index is 788. The van der Waals surface area contributed by atoms with Crippen molar-refractivity contribution >= 4 is 34.9 Å². The molecule has 0 unspecified atom stereocenters. The number of pyridine rings is 1. The summed E-state index contributed by atoms with van der Waals surface area (Å²) >= 11 is 12.3. The van der Waals surface area contributed by atoms with E-state index in [-0.39, 0.29) is 18.3 Å². The third kappa shape index (κ3) is 4.20. The Kier molecular flexibility index (Phi) is 5.86. The maximum Gasteiger partial charge on any atom is 0.255 e. The number of nitrogens with zero attached hydrogens (tertiary/aromatic N) is 3. The number of ether oxygens (including phenoxy) is 1. The number of anilines is 1. The van der Waals surface area contributed by atoms with Gasteiger partial charge >= 0.3 is 0 Å². The van der Waals surface area contributed by atoms with E-state index in [1.54, 1.807) is 24.3 Å². The van der Waals surface area contributed by atoms with Gasteiger partial charge in [0.05, 0.1) is 5.56 Å². The molecule has 1 aromatic heterocycles. The van der Waals surface area contributed by atoms with Gasteiger partial charge in [0.1, 0.15) is 6.61 Å². The summed E-state index contributed by atoms with van der Waals surface area (Å²) < 4.78 is 5.74. The lowest BCUT2D eigenvalue weighted by Gasteiger charge is -2.32. The molecule has 0 bridgehead atoms. The number of hydrogen-bond acceptors (Lipinski definition) is 5. The quantitative estimate of drug-likeness (QED) is 0.862. The standard InChI is InChI=1S/C18H20Cl2N4O2/c1-23-5-7-24(8-6-23)18(25)12-9-16(17(21)22-10-12)26-11-13-14(19)3-2-4-15(13)20/h2-4,9-10H,5-8,11H2,1H3,(H2,21,22). The second-order valence-electron chi connectivity index (χ2n) is 6.19. The molecule has 0 radical (unpaired) electrons. The number of carbonyl (C=O) groups is 1. The highest BCUT2D eigenvalue weighted by molar-refractivity contribution is 6.35. The van der Waals surface area contributed by atoms with Gasteiger partial charge in [0.2, 0.25) is 0 Å². The van der Waals surface area contributed by atoms with Gasteiger partial charge in [-0.3, -0.25) is 4.79 Å². The molecule has 1 aliphatic rings. The fourth-order valence-electron chi connectivity index (χ4n) is 2.70. The van der Waals surface area contributed by atoms with Crippen molar-refractivity contribution in [2.75, 3.05) is 39.0 Å². The summed E-state index contributed by atoms with van der Waals surface area (Å²) in [6.07, 6.45) is 1.48. The number of aromatic nitrogens is 1. The second-order valence-corrected chi connectivity index (χ2v) is 7.01. The number of piperazine rings is 1. The van der Waals surface area contributed by atoms with Crippen molar-refractivity contribution in [1.29, 1.82) is 0 Å². The number of nitrogen functional groups attached to an aromatic ring is 1. The van der Waals surface area contributed by atoms with Crippen LogP contribution in [0.2, 0.25) is 10.0 Å². The highest BCUT2D eigenvalue weighted by atomic mass is 35.5. The van der Waals surface area contributed by atoms with E-state index in [1.165, 1.54) is 6.20 Å². The van der Waals surface area contributed by atoms with Crippen LogP contribution < -0.4 is 10.5 Å². The molecule has 1 amide bonds. The van der Waals surface area contributed by atoms with Crippen LogP contribution in [0.5, 0.6) is 5.75 Å². The summed E-state index contributed by atoms with van der Waals surface area (Å²) in [4.78, 5) is 20.8. The minimum Gasteiger partial charge on any atom is -0.485 e. The highest BCUT2D eigenvalue weighted by Crippen LogP contribution is 2.28. The molecule has 2 N–H and O–H groups in total. The maximum atomic E-state index is 12.7. The first-order valence-electron chi connectivity index (χ1n) is 8.24. The van der Waals surface area contributed by atoms with Gasteiger partial charge in [-0.25, -0.2) is 4.98 Å². The van der Waals surface area contributed by atoms with Gasteiger partial charge in [-0.2, -0.15) is 0 Å². The molecule has 2 heterocycles. The van der Waals surface area contributed by atoms with Crippen molar-refractivity contribution in [3.8, 4) is 5.75 Å². The first kappa shape index (κ1) is 18.8. The van der Waals surface area contributed by atoms with Crippen LogP contribution in [0.25, 0.3) is 0 Å². The lowest BCUT2D eigenvalue weighted by atomic mass is 10.2. The van der Waals surface area contributed by atoms with E-state index in [9.17, 15) is 4.79 Å². The molecule has 1 saturated heterocycles. The summed E-state index contributed by atoms with van der Waals surface area (Å²) in [5.41, 5.74) is 7.00. The number of amides is 1. The molecule has 1 aromatic carbocycles. The predicted molar refractivity (Wildman–Crippen MR) is 103 cm³/mol. The zero-order valence-corrected chi connectivity index (χ0v) is 15.9. The average Bonchev–Trinajstić information content (AvgIpc) is 2.63. The smallest absolute Gasteiger partial charge is 0.255 e. The monoisotopic (exact) mass is 394 g/mol. The number of likely N-dealkylation sites (N-methyl/N-ethyl adjacent to an activating group) is 1. The maximum absolute atomic E-state index is 12.7. The van der Waals surface area contributed by atoms with E-state index in [4.69, 9.17) is 33.7 Å². The van der Waals surface area contributed by atoms with Crippen LogP contribution in [-0.2, 0) is 6.61 Å². The third-order valence-electron chi connectivity index (χ3n) is 4.35. The summed E-state index contributed by atoms with van der Waals surface area (Å²) in [5.74, 6) is 0.468. The van der Waals surface area contributed by atoms with Gasteiger partial charge in [-0.05, 0) is 25.2 Å². The Hall–Kier alpha value is -2.02. The van der Waals surface area contributed by atoms with Gasteiger partial charge < -0.3 is 20.3 Å². The van der Waals surface area contributed by atoms with Crippen LogP contribution in [-0.4, -0.2) is 53.9 Å². The highest BCUT2D eigenvalue weighted by Gasteiger charge is 2.21. The first-order chi connectivity index (χ1) is 12.5. The predicted octanol–water partition coefficient (Wildman–Crippen LogP) is 2.94. The molecule has 0 spiro atoms. The molecule has 0 aliphatic carbocycles. The van der Waals surface area contributed by atoms with Crippen molar-refractivity contribution in [3.63, 3.8) is 0 Å². The van der Waals surface area contributed by atoms with Crippen molar-refractivity contribution in [1.82, 2.24) is 14.8 Å². The van der Waals surface area contributed by atoms with Gasteiger partial charge in [-0.1, -0.05) is 29.3 Å². The number of benzene rings is 1. The zero-order valence-electron chi connectivity index (χ0n) is 14.4. The van der Waals surface area contributed by atoms with Crippen molar-refractivity contribution in [2.24, 2.45) is 0 Å². The molecular formula is C18H20Cl2N4O2. The van der Waals surface area contributed by atoms with Gasteiger partial charge in [-0.15, -0.1) is 0 Å². The molecule has 2 aromatic rings. The van der Waals surface area contributed by atoms with Crippen molar-refractivity contribution in [2.45, 2.75) is 6.61 Å². The van der Waals surface area contributed by atoms with E-state index >= 15 is 0 Å². The number of carbonyl (C=O) groups excluding carboxylic acids is 1. The summed E-state index contributed by atoms with van der Waals surface area (Å²) in [6.45, 7) is 3.21. The fourth-order valence-corrected chi connectivity index (χ4v) is 3.21. The number of halogens is 2. The third-order valence-corrected chi connectivity index (χ3v) is 5.06. The molecule has 1 fully saturated rings. The Morgan fingerprint density at radius 2 is 1.88 bits per heavy atom. The summed E-state index contributed by atoms with van der Waals surface area (Å²) in [6, 6.07) is 6.86. The van der Waals surface area contributed by atoms with Crippen LogP contribution in [0.15, 0.2) is 30.5 Å². The van der Waals surface area contributed by atoms with Crippen molar-refractivity contribution in [3.05, 3.63) is 51.6 Å². The molecule has 8 heteroatoms. The lowest BCUT2D eigenvalue weighted by Crippen LogP contribution is -2.47. The number of nitrogens with two attached hydrogens (primary N) is 1. The molecule has 0 saturated carbocycles. The Morgan fingerprint density at radius 3 is 2.54 bits per heavy atom. The van der Waals surface area contributed by atoms with E-state index in [0.29, 0.717) is 40.0 Å². The lowest BCUT2D eigenvalue weighted by molar-refractivity contribution is 0.0663. The van der Waals surface area contributed by atoms with Gasteiger partial charge in [0.15, 0.2) is 11.6 Å². The molecule has 26 heavy (non-hydrogen) atoms. The van der Waals surface area contributed by atoms with E-state index in [2.05, 4.69) is 9.88 Å². The first-order valence-corrected chi connectivity index (χ1v) is 9.00. The second kappa shape index (κ2) is 8.12. The van der Waals surface area contributed by atoms with Gasteiger partial charge in [0.25, 0.3) is 5.91 Å². The molecule has 0 atom stereocenters. The number of hydrogen-bond donors (Lipinski definition) is 1. The average molecular weight is 395 g/mol. The molecular weight excluding hydrogens is 375 g/mol. The summed E-state index contributed by atoms with van der Waals surface area (Å²) in [5, 5.41) is 1.02. The largest absolute Gasteiger partial charge is 0.485 e. The van der Waals surface area contributed by atoms with Crippen LogP contribution >= 0.6 is 23.2 Å². The normalized spacial score (nSPS) is 15.1. The van der Waals surface area contributed by atoms with E-state index in [0.717, 1.165) is 13.1 Å². The molecule has 1 aliphatic heterocycles. The minimum atomic E-state index is -0.0776. The minimum absolute atomic E-state index is 0.0776. The van der Waals surface area contributed by atoms with Crippen LogP contribution in [0.3, 0.4) is 0 Å². The van der Waals surface area contributed by atoms with E-state index < -0.39 is 0 Å². The molecule has 138 valence electrons. The zero-order chi connectivity index (χ0) is 18.7. The van der Waals surface area contributed by atoms with Crippen LogP contribution in [0.1, 0.15) is 15.9 Å². The van der Waals surface area contributed by atoms with E-state index in [1.807, 2.05) is 11.9 Å². The Balaban J connectivity index is 1.74. The topological polar surface area (TPSA) is 71.7 Å². The SMILES string of the molecule is CN1CCN(C(=O)c2cnc(N)c(OCc3c(Cl)cccc3Cl)c2)CC1. The van der Waals surface area contributed by atoms with Gasteiger partial charge in [0, 0.05) is 48.0 Å². The molecule has 3 rings (SSSR count).